The molecule has 0 amide bonds. The summed E-state index contributed by atoms with van der Waals surface area (Å²) in [5.74, 6) is 1.25. The molecule has 0 N–H and O–H groups in total. The summed E-state index contributed by atoms with van der Waals surface area (Å²) in [5, 5.41) is 11.5. The minimum atomic E-state index is -0.543. The maximum atomic E-state index is 6.12. The van der Waals surface area contributed by atoms with Crippen LogP contribution < -0.4 is 9.80 Å². The van der Waals surface area contributed by atoms with Gasteiger partial charge in [0.2, 0.25) is 0 Å². The first-order chi connectivity index (χ1) is 71.7. The van der Waals surface area contributed by atoms with Crippen LogP contribution in [0.15, 0.2) is 515 Å². The number of pyridine rings is 4. The van der Waals surface area contributed by atoms with E-state index >= 15 is 0 Å². The molecule has 0 fully saturated rings. The van der Waals surface area contributed by atoms with Gasteiger partial charge < -0.3 is 14.2 Å². The van der Waals surface area contributed by atoms with Gasteiger partial charge in [-0.2, -0.15) is 0 Å². The van der Waals surface area contributed by atoms with E-state index in [9.17, 15) is 0 Å². The third kappa shape index (κ3) is 14.9. The van der Waals surface area contributed by atoms with Gasteiger partial charge in [0.1, 0.15) is 11.2 Å². The Balaban J connectivity index is 0.000000138. The Bertz CT molecular complexity index is 8820. The maximum Gasteiger partial charge on any atom is 0.159 e. The maximum absolute atomic E-state index is 6.12. The van der Waals surface area contributed by atoms with Crippen molar-refractivity contribution < 1.29 is 4.42 Å². The van der Waals surface area contributed by atoms with Crippen molar-refractivity contribution in [3.8, 4) is 90.1 Å². The second kappa shape index (κ2) is 36.3. The summed E-state index contributed by atoms with van der Waals surface area (Å²) in [5.41, 5.74) is 36.5. The third-order valence-corrected chi connectivity index (χ3v) is 29.0. The number of nitrogens with zero attached hydrogens (tertiary/aromatic N) is 10. The molecule has 11 nitrogen and oxygen atoms in total. The molecule has 0 spiro atoms. The average Bonchev–Trinajstić information content (AvgIpc) is 1.58. The molecule has 28 rings (SSSR count). The van der Waals surface area contributed by atoms with Gasteiger partial charge in [-0.05, 0) is 281 Å². The number of aryl methyl sites for hydroxylation is 2. The Kier molecular flexibility index (Phi) is 21.6. The highest BCUT2D eigenvalue weighted by Gasteiger charge is 2.48. The first kappa shape index (κ1) is 86.3. The fourth-order valence-electron chi connectivity index (χ4n) is 22.7. The van der Waals surface area contributed by atoms with E-state index in [2.05, 4.69) is 442 Å². The topological polar surface area (TPSA) is 123 Å². The summed E-state index contributed by atoms with van der Waals surface area (Å²) >= 11 is 0. The summed E-state index contributed by atoms with van der Waals surface area (Å²) in [7, 11) is 0. The highest BCUT2D eigenvalue weighted by molar-refractivity contribution is 6.28. The lowest BCUT2D eigenvalue weighted by molar-refractivity contribution is 0.669. The van der Waals surface area contributed by atoms with Crippen molar-refractivity contribution in [1.29, 1.82) is 0 Å². The summed E-state index contributed by atoms with van der Waals surface area (Å²) < 4.78 is 6.12. The van der Waals surface area contributed by atoms with E-state index < -0.39 is 10.8 Å². The molecular formula is C134H90N10O. The number of furan rings is 1. The van der Waals surface area contributed by atoms with Gasteiger partial charge >= 0.3 is 0 Å². The number of rotatable bonds is 16. The second-order valence-electron chi connectivity index (χ2n) is 37.2. The molecule has 26 aromatic rings. The lowest BCUT2D eigenvalue weighted by Crippen LogP contribution is -2.28. The Labute approximate surface area is 839 Å². The zero-order valence-electron chi connectivity index (χ0n) is 79.4. The summed E-state index contributed by atoms with van der Waals surface area (Å²) in [6.07, 6.45) is 10.8. The highest BCUT2D eigenvalue weighted by atomic mass is 16.3. The van der Waals surface area contributed by atoms with Gasteiger partial charge in [0, 0.05) is 103 Å². The molecule has 0 atom stereocenters. The van der Waals surface area contributed by atoms with Crippen LogP contribution in [0.5, 0.6) is 0 Å². The average molecular weight is 1860 g/mol. The number of hydrogen-bond donors (Lipinski definition) is 0. The number of benzene rings is 19. The molecule has 0 unspecified atom stereocenters. The van der Waals surface area contributed by atoms with E-state index in [1.807, 2.05) is 97.3 Å². The highest BCUT2D eigenvalue weighted by Crippen LogP contribution is 2.60. The monoisotopic (exact) mass is 1850 g/mol. The molecule has 0 aliphatic heterocycles. The minimum absolute atomic E-state index is 0.543. The SMILES string of the molecule is Cc1cccc(N(c2cccc(C3(c4ccccc4)c4ccccc4-c4ccccc43)c2)c2ccc3ccc4c(N(c5cccc(C)c5)c5cccc(C6(c7ccccc7)c7ccccc7-c7ccccc76)c5)ccc5ccc2c3c54)c1.c1ccc(-c2ccnc(-c3ccc4oc5ccc(-c6nccc(-c7ccccn7)n6)cc5c4c3)n2)nc1.c1ccc(-c2ccnc3c2ccc2c(-c4ccccc4)ccnc23)cc1. The van der Waals surface area contributed by atoms with Crippen LogP contribution in [0.2, 0.25) is 0 Å². The van der Waals surface area contributed by atoms with Crippen LogP contribution in [-0.4, -0.2) is 39.9 Å². The zero-order chi connectivity index (χ0) is 96.5. The fourth-order valence-corrected chi connectivity index (χ4v) is 22.7. The lowest BCUT2D eigenvalue weighted by Gasteiger charge is -2.35. The summed E-state index contributed by atoms with van der Waals surface area (Å²) in [6, 6.07) is 170. The van der Waals surface area contributed by atoms with Gasteiger partial charge in [-0.1, -0.05) is 328 Å². The van der Waals surface area contributed by atoms with Gasteiger partial charge in [-0.25, -0.2) is 19.9 Å². The molecule has 2 aliphatic carbocycles. The smallest absolute Gasteiger partial charge is 0.159 e. The number of fused-ring (bicyclic) bond motifs is 12. The molecule has 145 heavy (non-hydrogen) atoms. The molecule has 11 heteroatoms. The van der Waals surface area contributed by atoms with Crippen LogP contribution in [0.3, 0.4) is 0 Å². The normalized spacial score (nSPS) is 12.5. The van der Waals surface area contributed by atoms with Crippen molar-refractivity contribution in [3.05, 3.63) is 566 Å². The first-order valence-electron chi connectivity index (χ1n) is 49.1. The standard InChI is InChI=1S/C80H56N2.C30H18N6O.C24H16N2/c1-53-21-17-29-61(49-53)81(63-31-19-27-59(51-63)79(57-23-5-3-6-24-57)71-37-13-9-33-65(71)66-34-10-14-38-72(66)79)75-47-43-55-42-46-70-76(48-44-56-41-45-69(75)77(55)78(56)70)82(62-30-18-22-54(2)50-62)64-32-20-28-60(52-64)80(58-25-7-4-8-26-58)73-39-15-11-35-67(73)68-36-12-16-40-74(68)80;1-3-13-31-23(5-1)25-11-15-33-29(35-25)19-7-9-27-21(17-19)22-18-20(8-10-28(22)37-27)30-34-16-12-26(36-30)24-6-2-4-14-32-24;1-3-7-17(8-4-1)19-13-15-25-23-21(19)11-12-22-20(14-16-26-24(22)23)18-9-5-2-6-10-18/h3-52H,1-2H3;1-18H;1-16H. The lowest BCUT2D eigenvalue weighted by atomic mass is 9.67. The van der Waals surface area contributed by atoms with E-state index in [4.69, 9.17) is 14.4 Å². The van der Waals surface area contributed by atoms with Crippen LogP contribution in [0.4, 0.5) is 34.1 Å². The summed E-state index contributed by atoms with van der Waals surface area (Å²) in [6.45, 7) is 4.40. The molecule has 7 heterocycles. The van der Waals surface area contributed by atoms with Crippen LogP contribution in [0.1, 0.15) is 55.6 Å². The molecular weight excluding hydrogens is 1770 g/mol. The third-order valence-electron chi connectivity index (χ3n) is 29.0. The number of anilines is 6. The van der Waals surface area contributed by atoms with Crippen LogP contribution in [-0.2, 0) is 10.8 Å². The number of hydrogen-bond acceptors (Lipinski definition) is 11. The van der Waals surface area contributed by atoms with E-state index in [-0.39, 0.29) is 0 Å². The van der Waals surface area contributed by atoms with Crippen LogP contribution in [0, 0.1) is 13.8 Å². The first-order valence-corrected chi connectivity index (χ1v) is 49.1. The van der Waals surface area contributed by atoms with Gasteiger partial charge in [0.15, 0.2) is 11.6 Å². The van der Waals surface area contributed by atoms with Crippen LogP contribution >= 0.6 is 0 Å². The summed E-state index contributed by atoms with van der Waals surface area (Å²) in [4.78, 5) is 41.7. The van der Waals surface area contributed by atoms with Crippen molar-refractivity contribution in [2.45, 2.75) is 24.7 Å². The second-order valence-corrected chi connectivity index (χ2v) is 37.2. The van der Waals surface area contributed by atoms with Gasteiger partial charge in [0.25, 0.3) is 0 Å². The molecule has 19 aromatic carbocycles. The Hall–Kier alpha value is -19.1. The van der Waals surface area contributed by atoms with E-state index in [0.717, 1.165) is 112 Å². The molecule has 682 valence electrons. The van der Waals surface area contributed by atoms with Crippen LogP contribution in [0.25, 0.3) is 166 Å². The zero-order valence-corrected chi connectivity index (χ0v) is 79.4. The predicted octanol–water partition coefficient (Wildman–Crippen LogP) is 33.6. The molecule has 0 saturated heterocycles. The fraction of sp³-hybridized carbons (Fsp3) is 0.0299. The van der Waals surface area contributed by atoms with Gasteiger partial charge in [-0.3, -0.25) is 19.9 Å². The quantitative estimate of drug-likeness (QED) is 0.0859. The molecule has 2 aliphatic rings. The van der Waals surface area contributed by atoms with E-state index in [0.29, 0.717) is 11.6 Å². The Morgan fingerprint density at radius 2 is 0.559 bits per heavy atom. The minimum Gasteiger partial charge on any atom is -0.456 e. The van der Waals surface area contributed by atoms with Crippen molar-refractivity contribution in [3.63, 3.8) is 0 Å². The predicted molar refractivity (Wildman–Crippen MR) is 594 cm³/mol. The van der Waals surface area contributed by atoms with E-state index in [1.165, 1.54) is 132 Å². The van der Waals surface area contributed by atoms with Crippen molar-refractivity contribution in [2.75, 3.05) is 9.80 Å². The van der Waals surface area contributed by atoms with E-state index in [1.54, 1.807) is 24.8 Å². The van der Waals surface area contributed by atoms with Gasteiger partial charge in [0.05, 0.1) is 56.0 Å². The molecule has 0 bridgehead atoms. The van der Waals surface area contributed by atoms with Crippen molar-refractivity contribution >= 4 is 110 Å². The number of aromatic nitrogens is 8. The molecule has 0 radical (unpaired) electrons. The van der Waals surface area contributed by atoms with Crippen molar-refractivity contribution in [2.24, 2.45) is 0 Å². The van der Waals surface area contributed by atoms with Crippen molar-refractivity contribution in [1.82, 2.24) is 39.9 Å². The Morgan fingerprint density at radius 1 is 0.214 bits per heavy atom. The van der Waals surface area contributed by atoms with Gasteiger partial charge in [-0.15, -0.1) is 0 Å². The molecule has 0 saturated carbocycles. The molecule has 7 aromatic heterocycles. The largest absolute Gasteiger partial charge is 0.456 e. The Morgan fingerprint density at radius 3 is 0.952 bits per heavy atom.